The summed E-state index contributed by atoms with van der Waals surface area (Å²) in [6.07, 6.45) is 4.09. The molecule has 2 N–H and O–H groups in total. The van der Waals surface area contributed by atoms with Crippen molar-refractivity contribution in [3.05, 3.63) is 35.4 Å². The average molecular weight is 225 g/mol. The van der Waals surface area contributed by atoms with Crippen LogP contribution in [0.2, 0.25) is 0 Å². The fourth-order valence-corrected chi connectivity index (χ4v) is 2.65. The number of hydrogen-bond acceptors (Lipinski definition) is 1. The van der Waals surface area contributed by atoms with E-state index in [9.17, 15) is 8.78 Å². The third-order valence-electron chi connectivity index (χ3n) is 3.81. The van der Waals surface area contributed by atoms with Gasteiger partial charge in [-0.15, -0.1) is 0 Å². The van der Waals surface area contributed by atoms with Crippen molar-refractivity contribution in [3.63, 3.8) is 0 Å². The van der Waals surface area contributed by atoms with E-state index in [1.807, 2.05) is 6.92 Å². The van der Waals surface area contributed by atoms with Crippen molar-refractivity contribution < 1.29 is 8.78 Å². The quantitative estimate of drug-likeness (QED) is 0.818. The molecule has 1 fully saturated rings. The van der Waals surface area contributed by atoms with Crippen molar-refractivity contribution in [2.75, 3.05) is 0 Å². The molecule has 1 aromatic rings. The van der Waals surface area contributed by atoms with Gasteiger partial charge in [0.25, 0.3) is 0 Å². The smallest absolute Gasteiger partial charge is 0.130 e. The number of rotatable bonds is 2. The van der Waals surface area contributed by atoms with E-state index >= 15 is 0 Å². The third kappa shape index (κ3) is 1.84. The summed E-state index contributed by atoms with van der Waals surface area (Å²) in [4.78, 5) is 0. The molecule has 0 spiro atoms. The summed E-state index contributed by atoms with van der Waals surface area (Å²) in [7, 11) is 0. The summed E-state index contributed by atoms with van der Waals surface area (Å²) >= 11 is 0. The highest BCUT2D eigenvalue weighted by Crippen LogP contribution is 2.46. The predicted molar refractivity (Wildman–Crippen MR) is 59.9 cm³/mol. The van der Waals surface area contributed by atoms with Crippen LogP contribution in [0.1, 0.15) is 44.2 Å². The van der Waals surface area contributed by atoms with Crippen LogP contribution >= 0.6 is 0 Å². The average Bonchev–Trinajstić information content (AvgIpc) is 2.66. The predicted octanol–water partition coefficient (Wildman–Crippen LogP) is 3.54. The van der Waals surface area contributed by atoms with E-state index in [0.29, 0.717) is 0 Å². The van der Waals surface area contributed by atoms with Crippen molar-refractivity contribution in [1.29, 1.82) is 0 Å². The highest BCUT2D eigenvalue weighted by molar-refractivity contribution is 5.25. The molecule has 3 heteroatoms. The lowest BCUT2D eigenvalue weighted by Crippen LogP contribution is -2.31. The molecule has 1 nitrogen and oxygen atoms in total. The summed E-state index contributed by atoms with van der Waals surface area (Å²) in [6.45, 7) is 2.02. The first kappa shape index (κ1) is 11.5. The lowest BCUT2D eigenvalue weighted by Gasteiger charge is -2.31. The normalized spacial score (nSPS) is 21.0. The molecule has 88 valence electrons. The Hall–Kier alpha value is -0.960. The van der Waals surface area contributed by atoms with Crippen LogP contribution in [-0.2, 0) is 0 Å². The van der Waals surface area contributed by atoms with Crippen LogP contribution in [0.25, 0.3) is 0 Å². The van der Waals surface area contributed by atoms with Gasteiger partial charge in [-0.25, -0.2) is 8.78 Å². The molecular weight excluding hydrogens is 208 g/mol. The molecular formula is C13H17F2N. The number of nitrogens with two attached hydrogens (primary N) is 1. The van der Waals surface area contributed by atoms with Gasteiger partial charge in [-0.3, -0.25) is 0 Å². The van der Waals surface area contributed by atoms with Crippen LogP contribution in [0, 0.1) is 17.0 Å². The van der Waals surface area contributed by atoms with Crippen molar-refractivity contribution in [2.45, 2.75) is 38.6 Å². The van der Waals surface area contributed by atoms with Gasteiger partial charge in [-0.1, -0.05) is 25.8 Å². The van der Waals surface area contributed by atoms with Crippen LogP contribution in [0.3, 0.4) is 0 Å². The van der Waals surface area contributed by atoms with Crippen molar-refractivity contribution in [2.24, 2.45) is 11.1 Å². The number of benzene rings is 1. The van der Waals surface area contributed by atoms with Crippen molar-refractivity contribution in [1.82, 2.24) is 0 Å². The monoisotopic (exact) mass is 225 g/mol. The Morgan fingerprint density at radius 1 is 1.19 bits per heavy atom. The van der Waals surface area contributed by atoms with E-state index in [1.165, 1.54) is 18.2 Å². The first-order valence-corrected chi connectivity index (χ1v) is 5.74. The van der Waals surface area contributed by atoms with Gasteiger partial charge in [0, 0.05) is 11.6 Å². The van der Waals surface area contributed by atoms with E-state index < -0.39 is 17.7 Å². The summed E-state index contributed by atoms with van der Waals surface area (Å²) in [5.74, 6) is -1.05. The minimum atomic E-state index is -0.545. The minimum absolute atomic E-state index is 0.0481. The van der Waals surface area contributed by atoms with E-state index in [0.717, 1.165) is 25.7 Å². The SMILES string of the molecule is CC1(C(N)c2c(F)cccc2F)CCCC1. The van der Waals surface area contributed by atoms with Gasteiger partial charge >= 0.3 is 0 Å². The van der Waals surface area contributed by atoms with E-state index in [1.54, 1.807) is 0 Å². The third-order valence-corrected chi connectivity index (χ3v) is 3.81. The Kier molecular flexibility index (Phi) is 2.98. The molecule has 0 saturated heterocycles. The van der Waals surface area contributed by atoms with Gasteiger partial charge in [-0.05, 0) is 30.4 Å². The van der Waals surface area contributed by atoms with Crippen LogP contribution in [0.5, 0.6) is 0 Å². The Morgan fingerprint density at radius 3 is 2.19 bits per heavy atom. The molecule has 1 atom stereocenters. The van der Waals surface area contributed by atoms with Crippen molar-refractivity contribution in [3.8, 4) is 0 Å². The topological polar surface area (TPSA) is 26.0 Å². The molecule has 1 aliphatic carbocycles. The van der Waals surface area contributed by atoms with Gasteiger partial charge in [0.1, 0.15) is 11.6 Å². The summed E-state index contributed by atoms with van der Waals surface area (Å²) in [6, 6.07) is 3.38. The summed E-state index contributed by atoms with van der Waals surface area (Å²) in [5, 5.41) is 0. The van der Waals surface area contributed by atoms with Crippen molar-refractivity contribution >= 4 is 0 Å². The maximum absolute atomic E-state index is 13.6. The van der Waals surface area contributed by atoms with Gasteiger partial charge < -0.3 is 5.73 Å². The second-order valence-electron chi connectivity index (χ2n) is 4.97. The molecule has 0 aliphatic heterocycles. The van der Waals surface area contributed by atoms with Crippen LogP contribution < -0.4 is 5.73 Å². The number of halogens is 2. The van der Waals surface area contributed by atoms with Gasteiger partial charge in [0.15, 0.2) is 0 Å². The molecule has 1 saturated carbocycles. The zero-order chi connectivity index (χ0) is 11.8. The molecule has 0 heterocycles. The van der Waals surface area contributed by atoms with Gasteiger partial charge in [0.05, 0.1) is 0 Å². The fourth-order valence-electron chi connectivity index (χ4n) is 2.65. The summed E-state index contributed by atoms with van der Waals surface area (Å²) < 4.78 is 27.2. The molecule has 0 amide bonds. The molecule has 1 unspecified atom stereocenters. The van der Waals surface area contributed by atoms with Gasteiger partial charge in [0.2, 0.25) is 0 Å². The molecule has 2 rings (SSSR count). The van der Waals surface area contributed by atoms with E-state index in [2.05, 4.69) is 0 Å². The van der Waals surface area contributed by atoms with Crippen LogP contribution in [0.4, 0.5) is 8.78 Å². The molecule has 0 radical (unpaired) electrons. The highest BCUT2D eigenvalue weighted by Gasteiger charge is 2.37. The molecule has 0 aromatic heterocycles. The Labute approximate surface area is 94.7 Å². The largest absolute Gasteiger partial charge is 0.323 e. The maximum Gasteiger partial charge on any atom is 0.130 e. The standard InChI is InChI=1S/C13H17F2N/c1-13(7-2-3-8-13)12(16)11-9(14)5-4-6-10(11)15/h4-6,12H,2-3,7-8,16H2,1H3. The zero-order valence-electron chi connectivity index (χ0n) is 9.47. The highest BCUT2D eigenvalue weighted by atomic mass is 19.1. The van der Waals surface area contributed by atoms with E-state index in [4.69, 9.17) is 5.73 Å². The van der Waals surface area contributed by atoms with Crippen LogP contribution in [-0.4, -0.2) is 0 Å². The Balaban J connectivity index is 2.36. The molecule has 0 bridgehead atoms. The summed E-state index contributed by atoms with van der Waals surface area (Å²) in [5.41, 5.74) is 5.94. The Morgan fingerprint density at radius 2 is 1.69 bits per heavy atom. The second kappa shape index (κ2) is 4.13. The minimum Gasteiger partial charge on any atom is -0.323 e. The lowest BCUT2D eigenvalue weighted by molar-refractivity contribution is 0.254. The van der Waals surface area contributed by atoms with Crippen LogP contribution in [0.15, 0.2) is 18.2 Å². The Bertz CT molecular complexity index is 363. The fraction of sp³-hybridized carbons (Fsp3) is 0.538. The molecule has 1 aliphatic rings. The lowest BCUT2D eigenvalue weighted by atomic mass is 9.77. The first-order valence-electron chi connectivity index (χ1n) is 5.74. The zero-order valence-corrected chi connectivity index (χ0v) is 9.47. The molecule has 1 aromatic carbocycles. The molecule has 16 heavy (non-hydrogen) atoms. The van der Waals surface area contributed by atoms with E-state index in [-0.39, 0.29) is 11.0 Å². The van der Waals surface area contributed by atoms with Gasteiger partial charge in [-0.2, -0.15) is 0 Å². The second-order valence-corrected chi connectivity index (χ2v) is 4.97. The first-order chi connectivity index (χ1) is 7.54. The number of hydrogen-bond donors (Lipinski definition) is 1. The maximum atomic E-state index is 13.6.